The van der Waals surface area contributed by atoms with Gasteiger partial charge in [0.1, 0.15) is 0 Å². The van der Waals surface area contributed by atoms with Crippen molar-refractivity contribution in [3.63, 3.8) is 0 Å². The molecule has 0 aliphatic rings. The maximum Gasteiger partial charge on any atom is 0.231 e. The van der Waals surface area contributed by atoms with Gasteiger partial charge in [-0.3, -0.25) is 0 Å². The van der Waals surface area contributed by atoms with Gasteiger partial charge in [-0.2, -0.15) is 4.98 Å². The van der Waals surface area contributed by atoms with Crippen LogP contribution in [0.2, 0.25) is 0 Å². The summed E-state index contributed by atoms with van der Waals surface area (Å²) in [7, 11) is 0. The fraction of sp³-hybridized carbons (Fsp3) is 0.529. The molecule has 0 saturated heterocycles. The van der Waals surface area contributed by atoms with Crippen molar-refractivity contribution in [1.29, 1.82) is 0 Å². The Balaban J connectivity index is 2.20. The zero-order chi connectivity index (χ0) is 15.2. The molecule has 0 amide bonds. The molecule has 0 fully saturated rings. The molecule has 114 valence electrons. The van der Waals surface area contributed by atoms with Crippen LogP contribution in [0.1, 0.15) is 45.9 Å². The molecule has 1 N–H and O–H groups in total. The average molecular weight is 287 g/mol. The fourth-order valence-corrected chi connectivity index (χ4v) is 2.65. The van der Waals surface area contributed by atoms with Gasteiger partial charge in [0, 0.05) is 11.6 Å². The Labute approximate surface area is 127 Å². The fourth-order valence-electron chi connectivity index (χ4n) is 2.65. The maximum atomic E-state index is 5.54. The molecule has 0 radical (unpaired) electrons. The van der Waals surface area contributed by atoms with E-state index in [1.807, 2.05) is 30.3 Å². The first-order valence-corrected chi connectivity index (χ1v) is 7.75. The highest BCUT2D eigenvalue weighted by Gasteiger charge is 2.28. The van der Waals surface area contributed by atoms with Crippen LogP contribution in [0.4, 0.5) is 0 Å². The number of benzene rings is 1. The number of nitrogens with zero attached hydrogens (tertiary/aromatic N) is 2. The van der Waals surface area contributed by atoms with Gasteiger partial charge < -0.3 is 9.84 Å². The summed E-state index contributed by atoms with van der Waals surface area (Å²) in [5.41, 5.74) is 0.990. The van der Waals surface area contributed by atoms with Crippen molar-refractivity contribution >= 4 is 0 Å². The van der Waals surface area contributed by atoms with Gasteiger partial charge in [-0.05, 0) is 25.8 Å². The molecular formula is C17H25N3O. The third-order valence-electron chi connectivity index (χ3n) is 3.73. The molecule has 2 rings (SSSR count). The summed E-state index contributed by atoms with van der Waals surface area (Å²) in [4.78, 5) is 4.61. The number of nitrogens with one attached hydrogen (secondary N) is 1. The molecule has 0 saturated carbocycles. The van der Waals surface area contributed by atoms with Crippen LogP contribution in [0.5, 0.6) is 0 Å². The molecule has 0 aliphatic heterocycles. The zero-order valence-corrected chi connectivity index (χ0v) is 13.3. The quantitative estimate of drug-likeness (QED) is 0.840. The number of hydrogen-bond acceptors (Lipinski definition) is 4. The van der Waals surface area contributed by atoms with Gasteiger partial charge in [0.15, 0.2) is 0 Å². The lowest BCUT2D eigenvalue weighted by Gasteiger charge is -2.24. The Morgan fingerprint density at radius 1 is 1.14 bits per heavy atom. The minimum atomic E-state index is 0.224. The third-order valence-corrected chi connectivity index (χ3v) is 3.73. The highest BCUT2D eigenvalue weighted by molar-refractivity contribution is 5.53. The molecule has 0 bridgehead atoms. The standard InChI is InChI=1S/C17H25N3O/c1-5-11-18-13(4)15(12(2)3)17-19-16(20-21-17)14-9-7-6-8-10-14/h6-10,12-13,15,18H,5,11H2,1-4H3. The Morgan fingerprint density at radius 2 is 1.86 bits per heavy atom. The Hall–Kier alpha value is -1.68. The third kappa shape index (κ3) is 3.91. The van der Waals surface area contributed by atoms with Gasteiger partial charge in [-0.25, -0.2) is 0 Å². The molecule has 1 aromatic carbocycles. The second-order valence-corrected chi connectivity index (χ2v) is 5.83. The highest BCUT2D eigenvalue weighted by Crippen LogP contribution is 2.28. The second kappa shape index (κ2) is 7.36. The van der Waals surface area contributed by atoms with E-state index in [1.165, 1.54) is 0 Å². The summed E-state index contributed by atoms with van der Waals surface area (Å²) in [6.07, 6.45) is 1.12. The van der Waals surface area contributed by atoms with Crippen molar-refractivity contribution in [2.45, 2.75) is 46.1 Å². The van der Waals surface area contributed by atoms with Crippen molar-refractivity contribution < 1.29 is 4.52 Å². The topological polar surface area (TPSA) is 51.0 Å². The Kier molecular flexibility index (Phi) is 5.51. The van der Waals surface area contributed by atoms with Crippen LogP contribution in [0, 0.1) is 5.92 Å². The van der Waals surface area contributed by atoms with E-state index in [0.29, 0.717) is 17.8 Å². The van der Waals surface area contributed by atoms with Gasteiger partial charge >= 0.3 is 0 Å². The summed E-state index contributed by atoms with van der Waals surface area (Å²) >= 11 is 0. The van der Waals surface area contributed by atoms with Crippen molar-refractivity contribution in [1.82, 2.24) is 15.5 Å². The normalized spacial score (nSPS) is 14.3. The van der Waals surface area contributed by atoms with Crippen LogP contribution in [-0.2, 0) is 0 Å². The summed E-state index contributed by atoms with van der Waals surface area (Å²) in [6.45, 7) is 9.75. The molecule has 2 unspecified atom stereocenters. The lowest BCUT2D eigenvalue weighted by molar-refractivity contribution is 0.280. The minimum absolute atomic E-state index is 0.224. The molecule has 2 aromatic rings. The van der Waals surface area contributed by atoms with Crippen molar-refractivity contribution in [3.05, 3.63) is 36.2 Å². The van der Waals surface area contributed by atoms with E-state index < -0.39 is 0 Å². The van der Waals surface area contributed by atoms with E-state index in [2.05, 4.69) is 43.2 Å². The summed E-state index contributed by atoms with van der Waals surface area (Å²) in [5, 5.41) is 7.67. The average Bonchev–Trinajstić information content (AvgIpc) is 2.95. The van der Waals surface area contributed by atoms with Crippen molar-refractivity contribution in [2.24, 2.45) is 5.92 Å². The van der Waals surface area contributed by atoms with E-state index in [-0.39, 0.29) is 5.92 Å². The van der Waals surface area contributed by atoms with Gasteiger partial charge in [0.25, 0.3) is 0 Å². The first-order chi connectivity index (χ1) is 10.1. The van der Waals surface area contributed by atoms with Crippen LogP contribution < -0.4 is 5.32 Å². The van der Waals surface area contributed by atoms with Crippen molar-refractivity contribution in [2.75, 3.05) is 6.54 Å². The molecule has 2 atom stereocenters. The molecule has 4 nitrogen and oxygen atoms in total. The van der Waals surface area contributed by atoms with Gasteiger partial charge in [0.05, 0.1) is 5.92 Å². The molecule has 1 aromatic heterocycles. The zero-order valence-electron chi connectivity index (χ0n) is 13.3. The molecule has 21 heavy (non-hydrogen) atoms. The lowest BCUT2D eigenvalue weighted by atomic mass is 9.89. The van der Waals surface area contributed by atoms with E-state index in [9.17, 15) is 0 Å². The van der Waals surface area contributed by atoms with Gasteiger partial charge in [-0.15, -0.1) is 0 Å². The summed E-state index contributed by atoms with van der Waals surface area (Å²) in [6, 6.07) is 10.3. The highest BCUT2D eigenvalue weighted by atomic mass is 16.5. The first kappa shape index (κ1) is 15.7. The molecule has 1 heterocycles. The molecular weight excluding hydrogens is 262 g/mol. The van der Waals surface area contributed by atoms with Crippen LogP contribution in [0.15, 0.2) is 34.9 Å². The van der Waals surface area contributed by atoms with E-state index in [1.54, 1.807) is 0 Å². The number of rotatable bonds is 7. The summed E-state index contributed by atoms with van der Waals surface area (Å²) < 4.78 is 5.54. The SMILES string of the molecule is CCCNC(C)C(c1nc(-c2ccccc2)no1)C(C)C. The monoisotopic (exact) mass is 287 g/mol. The van der Waals surface area contributed by atoms with Crippen LogP contribution >= 0.6 is 0 Å². The van der Waals surface area contributed by atoms with E-state index in [4.69, 9.17) is 4.52 Å². The Morgan fingerprint density at radius 3 is 2.48 bits per heavy atom. The van der Waals surface area contributed by atoms with Gasteiger partial charge in [-0.1, -0.05) is 56.3 Å². The number of hydrogen-bond donors (Lipinski definition) is 1. The largest absolute Gasteiger partial charge is 0.339 e. The smallest absolute Gasteiger partial charge is 0.231 e. The summed E-state index contributed by atoms with van der Waals surface area (Å²) in [5.74, 6) is 2.05. The number of aromatic nitrogens is 2. The molecule has 0 aliphatic carbocycles. The predicted molar refractivity (Wildman–Crippen MR) is 85.1 cm³/mol. The Bertz CT molecular complexity index is 536. The predicted octanol–water partition coefficient (Wildman–Crippen LogP) is 3.86. The van der Waals surface area contributed by atoms with E-state index >= 15 is 0 Å². The molecule has 0 spiro atoms. The van der Waals surface area contributed by atoms with Crippen LogP contribution in [-0.4, -0.2) is 22.7 Å². The lowest BCUT2D eigenvalue weighted by Crippen LogP contribution is -2.35. The first-order valence-electron chi connectivity index (χ1n) is 7.75. The van der Waals surface area contributed by atoms with E-state index in [0.717, 1.165) is 24.4 Å². The minimum Gasteiger partial charge on any atom is -0.339 e. The second-order valence-electron chi connectivity index (χ2n) is 5.83. The maximum absolute atomic E-state index is 5.54. The van der Waals surface area contributed by atoms with Crippen LogP contribution in [0.3, 0.4) is 0 Å². The van der Waals surface area contributed by atoms with Gasteiger partial charge in [0.2, 0.25) is 11.7 Å². The molecule has 4 heteroatoms. The van der Waals surface area contributed by atoms with Crippen molar-refractivity contribution in [3.8, 4) is 11.4 Å². The van der Waals surface area contributed by atoms with Crippen LogP contribution in [0.25, 0.3) is 11.4 Å².